The molecule has 0 atom stereocenters. The molecule has 0 aliphatic rings. The van der Waals surface area contributed by atoms with Gasteiger partial charge in [0.05, 0.1) is 15.8 Å². The average molecular weight is 274 g/mol. The number of hydrogen-bond donors (Lipinski definition) is 1. The van der Waals surface area contributed by atoms with Crippen LogP contribution in [-0.4, -0.2) is 9.91 Å². The number of rotatable bonds is 2. The van der Waals surface area contributed by atoms with Crippen molar-refractivity contribution in [2.24, 2.45) is 0 Å². The second-order valence-corrected chi connectivity index (χ2v) is 4.30. The van der Waals surface area contributed by atoms with E-state index in [4.69, 9.17) is 0 Å². The highest BCUT2D eigenvalue weighted by molar-refractivity contribution is 5.93. The summed E-state index contributed by atoms with van der Waals surface area (Å²) in [5, 5.41) is 11.3. The average Bonchev–Trinajstić information content (AvgIpc) is 2.84. The van der Waals surface area contributed by atoms with Gasteiger partial charge < -0.3 is 4.98 Å². The molecule has 2 aromatic carbocycles. The summed E-state index contributed by atoms with van der Waals surface area (Å²) < 4.78 is 26.9. The first kappa shape index (κ1) is 12.3. The van der Waals surface area contributed by atoms with Crippen LogP contribution in [0, 0.1) is 21.7 Å². The van der Waals surface area contributed by atoms with E-state index in [0.717, 1.165) is 18.2 Å². The van der Waals surface area contributed by atoms with Gasteiger partial charge in [0, 0.05) is 17.3 Å². The predicted octanol–water partition coefficient (Wildman–Crippen LogP) is 4.02. The molecular formula is C14H8F2N2O2. The summed E-state index contributed by atoms with van der Waals surface area (Å²) in [6.07, 6.45) is 0. The van der Waals surface area contributed by atoms with E-state index >= 15 is 0 Å². The maximum absolute atomic E-state index is 13.7. The van der Waals surface area contributed by atoms with Gasteiger partial charge in [0.25, 0.3) is 5.69 Å². The van der Waals surface area contributed by atoms with Crippen LogP contribution in [0.3, 0.4) is 0 Å². The van der Waals surface area contributed by atoms with E-state index in [1.54, 1.807) is 6.07 Å². The Labute approximate surface area is 111 Å². The van der Waals surface area contributed by atoms with Crippen molar-refractivity contribution in [3.05, 3.63) is 64.2 Å². The van der Waals surface area contributed by atoms with Gasteiger partial charge in [0.15, 0.2) is 0 Å². The van der Waals surface area contributed by atoms with Crippen LogP contribution in [-0.2, 0) is 0 Å². The molecular weight excluding hydrogens is 266 g/mol. The Morgan fingerprint density at radius 1 is 1.10 bits per heavy atom. The molecule has 6 heteroatoms. The lowest BCUT2D eigenvalue weighted by molar-refractivity contribution is -0.383. The number of fused-ring (bicyclic) bond motifs is 1. The molecule has 0 bridgehead atoms. The smallest absolute Gasteiger partial charge is 0.278 e. The first-order valence-electron chi connectivity index (χ1n) is 5.78. The number of nitrogens with one attached hydrogen (secondary N) is 1. The van der Waals surface area contributed by atoms with Crippen molar-refractivity contribution in [3.63, 3.8) is 0 Å². The second kappa shape index (κ2) is 4.41. The number of hydrogen-bond acceptors (Lipinski definition) is 2. The third-order valence-electron chi connectivity index (χ3n) is 3.06. The normalized spacial score (nSPS) is 10.9. The number of aromatic nitrogens is 1. The SMILES string of the molecule is O=[N+]([O-])c1cccc2[nH]c(-c3cc(F)ccc3F)cc12. The van der Waals surface area contributed by atoms with Crippen molar-refractivity contribution in [2.45, 2.75) is 0 Å². The lowest BCUT2D eigenvalue weighted by Crippen LogP contribution is -1.87. The number of non-ortho nitro benzene ring substituents is 1. The van der Waals surface area contributed by atoms with Gasteiger partial charge in [-0.2, -0.15) is 0 Å². The van der Waals surface area contributed by atoms with Gasteiger partial charge in [-0.25, -0.2) is 8.78 Å². The molecule has 0 aliphatic carbocycles. The molecule has 0 amide bonds. The van der Waals surface area contributed by atoms with Gasteiger partial charge in [-0.05, 0) is 30.3 Å². The van der Waals surface area contributed by atoms with Gasteiger partial charge in [-0.3, -0.25) is 10.1 Å². The Hall–Kier alpha value is -2.76. The van der Waals surface area contributed by atoms with Crippen molar-refractivity contribution in [3.8, 4) is 11.3 Å². The molecule has 0 saturated heterocycles. The molecule has 0 aliphatic heterocycles. The predicted molar refractivity (Wildman–Crippen MR) is 70.3 cm³/mol. The monoisotopic (exact) mass is 274 g/mol. The maximum atomic E-state index is 13.7. The third kappa shape index (κ3) is 1.91. The minimum Gasteiger partial charge on any atom is -0.354 e. The standard InChI is InChI=1S/C14H8F2N2O2/c15-8-4-5-11(16)9(6-8)13-7-10-12(17-13)2-1-3-14(10)18(19)20/h1-7,17H. The Bertz CT molecular complexity index is 827. The Morgan fingerprint density at radius 3 is 2.65 bits per heavy atom. The number of nitrogens with zero attached hydrogens (tertiary/aromatic N) is 1. The Kier molecular flexibility index (Phi) is 2.71. The van der Waals surface area contributed by atoms with E-state index in [1.807, 2.05) is 0 Å². The van der Waals surface area contributed by atoms with Crippen molar-refractivity contribution < 1.29 is 13.7 Å². The van der Waals surface area contributed by atoms with Crippen LogP contribution in [0.25, 0.3) is 22.2 Å². The summed E-state index contributed by atoms with van der Waals surface area (Å²) >= 11 is 0. The molecule has 0 spiro atoms. The molecule has 0 saturated carbocycles. The first-order chi connectivity index (χ1) is 9.56. The van der Waals surface area contributed by atoms with Crippen LogP contribution in [0.1, 0.15) is 0 Å². The van der Waals surface area contributed by atoms with Gasteiger partial charge in [-0.15, -0.1) is 0 Å². The van der Waals surface area contributed by atoms with Crippen LogP contribution in [0.15, 0.2) is 42.5 Å². The molecule has 0 radical (unpaired) electrons. The van der Waals surface area contributed by atoms with E-state index in [-0.39, 0.29) is 11.3 Å². The van der Waals surface area contributed by atoms with E-state index in [0.29, 0.717) is 16.6 Å². The first-order valence-corrected chi connectivity index (χ1v) is 5.78. The maximum Gasteiger partial charge on any atom is 0.278 e. The summed E-state index contributed by atoms with van der Waals surface area (Å²) in [6, 6.07) is 9.07. The van der Waals surface area contributed by atoms with Crippen molar-refractivity contribution in [1.29, 1.82) is 0 Å². The van der Waals surface area contributed by atoms with Gasteiger partial charge in [0.1, 0.15) is 11.6 Å². The zero-order valence-corrected chi connectivity index (χ0v) is 10.1. The second-order valence-electron chi connectivity index (χ2n) is 4.30. The van der Waals surface area contributed by atoms with Crippen molar-refractivity contribution in [1.82, 2.24) is 4.98 Å². The van der Waals surface area contributed by atoms with Crippen LogP contribution in [0.2, 0.25) is 0 Å². The molecule has 20 heavy (non-hydrogen) atoms. The van der Waals surface area contributed by atoms with Crippen LogP contribution in [0.5, 0.6) is 0 Å². The fourth-order valence-electron chi connectivity index (χ4n) is 2.15. The highest BCUT2D eigenvalue weighted by Crippen LogP contribution is 2.31. The van der Waals surface area contributed by atoms with E-state index in [1.165, 1.54) is 18.2 Å². The van der Waals surface area contributed by atoms with Crippen LogP contribution < -0.4 is 0 Å². The molecule has 0 fully saturated rings. The zero-order chi connectivity index (χ0) is 14.3. The molecule has 1 N–H and O–H groups in total. The number of nitro groups is 1. The topological polar surface area (TPSA) is 58.9 Å². The molecule has 3 rings (SSSR count). The van der Waals surface area contributed by atoms with E-state index in [9.17, 15) is 18.9 Å². The van der Waals surface area contributed by atoms with Gasteiger partial charge in [-0.1, -0.05) is 6.07 Å². The largest absolute Gasteiger partial charge is 0.354 e. The molecule has 3 aromatic rings. The zero-order valence-electron chi connectivity index (χ0n) is 10.1. The van der Waals surface area contributed by atoms with Gasteiger partial charge in [0.2, 0.25) is 0 Å². The number of benzene rings is 2. The summed E-state index contributed by atoms with van der Waals surface area (Å²) in [5.74, 6) is -1.17. The summed E-state index contributed by atoms with van der Waals surface area (Å²) in [6.45, 7) is 0. The molecule has 100 valence electrons. The number of nitro benzene ring substituents is 1. The summed E-state index contributed by atoms with van der Waals surface area (Å²) in [7, 11) is 0. The minimum atomic E-state index is -0.597. The van der Waals surface area contributed by atoms with Crippen molar-refractivity contribution in [2.75, 3.05) is 0 Å². The lowest BCUT2D eigenvalue weighted by atomic mass is 10.1. The molecule has 1 heterocycles. The molecule has 4 nitrogen and oxygen atoms in total. The van der Waals surface area contributed by atoms with Gasteiger partial charge >= 0.3 is 0 Å². The fraction of sp³-hybridized carbons (Fsp3) is 0. The summed E-state index contributed by atoms with van der Waals surface area (Å²) in [4.78, 5) is 13.3. The molecule has 0 unspecified atom stereocenters. The van der Waals surface area contributed by atoms with Crippen molar-refractivity contribution >= 4 is 16.6 Å². The van der Waals surface area contributed by atoms with E-state index in [2.05, 4.69) is 4.98 Å². The summed E-state index contributed by atoms with van der Waals surface area (Å²) in [5.41, 5.74) is 0.751. The highest BCUT2D eigenvalue weighted by atomic mass is 19.1. The van der Waals surface area contributed by atoms with Crippen LogP contribution in [0.4, 0.5) is 14.5 Å². The number of H-pyrrole nitrogens is 1. The number of aromatic amines is 1. The fourth-order valence-corrected chi connectivity index (χ4v) is 2.15. The van der Waals surface area contributed by atoms with Crippen LogP contribution >= 0.6 is 0 Å². The highest BCUT2D eigenvalue weighted by Gasteiger charge is 2.16. The quantitative estimate of drug-likeness (QED) is 0.566. The molecule has 1 aromatic heterocycles. The Morgan fingerprint density at radius 2 is 1.90 bits per heavy atom. The van der Waals surface area contributed by atoms with E-state index < -0.39 is 16.6 Å². The number of halogens is 2. The third-order valence-corrected chi connectivity index (χ3v) is 3.06. The lowest BCUT2D eigenvalue weighted by Gasteiger charge is -1.99. The Balaban J connectivity index is 2.26. The minimum absolute atomic E-state index is 0.0375.